The molecule has 0 amide bonds. The number of rotatable bonds is 8. The minimum absolute atomic E-state index is 0.512. The van der Waals surface area contributed by atoms with Crippen LogP contribution in [0.5, 0.6) is 0 Å². The molecule has 13 aromatic rings. The number of aromatic nitrogens is 1. The first-order valence-electron chi connectivity index (χ1n) is 24.6. The summed E-state index contributed by atoms with van der Waals surface area (Å²) in [4.78, 5) is 2.45. The molecule has 1 aromatic heterocycles. The summed E-state index contributed by atoms with van der Waals surface area (Å²) in [7, 11) is 0. The minimum Gasteiger partial charge on any atom is -0.310 e. The molecule has 0 saturated carbocycles. The Morgan fingerprint density at radius 3 is 1.61 bits per heavy atom. The van der Waals surface area contributed by atoms with E-state index in [0.717, 1.165) is 17.1 Å². The Hall–Kier alpha value is -9.24. The molecular formula is C69H46N2. The molecule has 1 aliphatic rings. The van der Waals surface area contributed by atoms with Crippen LogP contribution in [-0.4, -0.2) is 4.57 Å². The van der Waals surface area contributed by atoms with E-state index in [1.54, 1.807) is 0 Å². The zero-order valence-electron chi connectivity index (χ0n) is 39.0. The fourth-order valence-corrected chi connectivity index (χ4v) is 11.9. The van der Waals surface area contributed by atoms with Gasteiger partial charge in [-0.2, -0.15) is 0 Å². The molecule has 14 rings (SSSR count). The average Bonchev–Trinajstić information content (AvgIpc) is 3.94. The van der Waals surface area contributed by atoms with E-state index in [1.165, 1.54) is 105 Å². The van der Waals surface area contributed by atoms with Crippen molar-refractivity contribution in [1.82, 2.24) is 4.57 Å². The first kappa shape index (κ1) is 40.8. The summed E-state index contributed by atoms with van der Waals surface area (Å²) in [5.41, 5.74) is 18.8. The highest BCUT2D eigenvalue weighted by Crippen LogP contribution is 2.57. The van der Waals surface area contributed by atoms with Gasteiger partial charge in [0, 0.05) is 32.9 Å². The first-order chi connectivity index (χ1) is 35.2. The van der Waals surface area contributed by atoms with Crippen LogP contribution in [0.3, 0.4) is 0 Å². The van der Waals surface area contributed by atoms with Gasteiger partial charge in [0.05, 0.1) is 27.8 Å². The zero-order chi connectivity index (χ0) is 46.9. The molecule has 0 unspecified atom stereocenters. The molecule has 0 N–H and O–H groups in total. The van der Waals surface area contributed by atoms with Gasteiger partial charge in [0.15, 0.2) is 0 Å². The summed E-state index contributed by atoms with van der Waals surface area (Å²) in [6.45, 7) is 0. The third-order valence-electron chi connectivity index (χ3n) is 15.0. The summed E-state index contributed by atoms with van der Waals surface area (Å²) >= 11 is 0. The summed E-state index contributed by atoms with van der Waals surface area (Å²) in [6, 6.07) is 103. The molecule has 0 saturated heterocycles. The van der Waals surface area contributed by atoms with Crippen molar-refractivity contribution in [3.05, 3.63) is 301 Å². The van der Waals surface area contributed by atoms with Gasteiger partial charge >= 0.3 is 0 Å². The van der Waals surface area contributed by atoms with Crippen molar-refractivity contribution in [1.29, 1.82) is 0 Å². The van der Waals surface area contributed by atoms with Crippen LogP contribution in [0.25, 0.3) is 82.4 Å². The highest BCUT2D eigenvalue weighted by atomic mass is 15.1. The van der Waals surface area contributed by atoms with Gasteiger partial charge < -0.3 is 9.47 Å². The lowest BCUT2D eigenvalue weighted by atomic mass is 9.67. The number of fused-ring (bicyclic) bond motifs is 8. The largest absolute Gasteiger partial charge is 0.310 e. The molecule has 2 heteroatoms. The molecule has 0 spiro atoms. The van der Waals surface area contributed by atoms with E-state index in [4.69, 9.17) is 0 Å². The third-order valence-corrected chi connectivity index (χ3v) is 15.0. The van der Waals surface area contributed by atoms with Crippen LogP contribution in [-0.2, 0) is 5.41 Å². The average molecular weight is 903 g/mol. The number of anilines is 3. The molecule has 1 aliphatic carbocycles. The van der Waals surface area contributed by atoms with Gasteiger partial charge in [-0.1, -0.05) is 218 Å². The Bertz CT molecular complexity index is 4120. The highest BCUT2D eigenvalue weighted by Gasteiger charge is 2.46. The van der Waals surface area contributed by atoms with E-state index in [2.05, 4.69) is 289 Å². The number of hydrogen-bond acceptors (Lipinski definition) is 1. The van der Waals surface area contributed by atoms with Crippen molar-refractivity contribution in [2.45, 2.75) is 5.41 Å². The van der Waals surface area contributed by atoms with Gasteiger partial charge in [-0.15, -0.1) is 0 Å². The molecule has 0 radical (unpaired) electrons. The predicted octanol–water partition coefficient (Wildman–Crippen LogP) is 18.3. The van der Waals surface area contributed by atoms with Gasteiger partial charge in [0.25, 0.3) is 0 Å². The topological polar surface area (TPSA) is 8.17 Å². The third kappa shape index (κ3) is 6.42. The monoisotopic (exact) mass is 902 g/mol. The number of benzene rings is 12. The molecule has 2 nitrogen and oxygen atoms in total. The number of nitrogens with zero attached hydrogens (tertiary/aromatic N) is 2. The number of hydrogen-bond donors (Lipinski definition) is 0. The summed E-state index contributed by atoms with van der Waals surface area (Å²) in [6.07, 6.45) is 0. The van der Waals surface area contributed by atoms with E-state index >= 15 is 0 Å². The van der Waals surface area contributed by atoms with Gasteiger partial charge in [-0.3, -0.25) is 0 Å². The van der Waals surface area contributed by atoms with Crippen LogP contribution in [0.2, 0.25) is 0 Å². The second kappa shape index (κ2) is 16.5. The molecule has 12 aromatic carbocycles. The van der Waals surface area contributed by atoms with Gasteiger partial charge in [0.2, 0.25) is 0 Å². The van der Waals surface area contributed by atoms with E-state index < -0.39 is 5.41 Å². The Kier molecular flexibility index (Phi) is 9.47. The SMILES string of the molecule is c1ccc(C2(c3ccccc3)c3ccccc3-c3ccc(N(c4ccc(-c5cccc(-c6ccc7c(c6)c6ccccc6n7-c6cccc7ccccc67)c5)cc4)c4cccc5ccccc45)cc32)cc1. The summed E-state index contributed by atoms with van der Waals surface area (Å²) in [5.74, 6) is 0. The quantitative estimate of drug-likeness (QED) is 0.147. The summed E-state index contributed by atoms with van der Waals surface area (Å²) in [5, 5.41) is 7.38. The normalized spacial score (nSPS) is 12.6. The van der Waals surface area contributed by atoms with Crippen molar-refractivity contribution in [2.75, 3.05) is 4.90 Å². The van der Waals surface area contributed by atoms with Gasteiger partial charge in [-0.05, 0) is 127 Å². The second-order valence-electron chi connectivity index (χ2n) is 18.8. The molecule has 0 bridgehead atoms. The van der Waals surface area contributed by atoms with Crippen LogP contribution in [0.1, 0.15) is 22.3 Å². The lowest BCUT2D eigenvalue weighted by Crippen LogP contribution is -2.28. The van der Waals surface area contributed by atoms with Crippen LogP contribution in [0, 0.1) is 0 Å². The Balaban J connectivity index is 0.885. The maximum atomic E-state index is 2.46. The molecule has 71 heavy (non-hydrogen) atoms. The molecule has 1 heterocycles. The lowest BCUT2D eigenvalue weighted by Gasteiger charge is -2.35. The maximum absolute atomic E-state index is 2.46. The van der Waals surface area contributed by atoms with Crippen LogP contribution < -0.4 is 4.90 Å². The maximum Gasteiger partial charge on any atom is 0.0714 e. The van der Waals surface area contributed by atoms with Crippen molar-refractivity contribution in [3.8, 4) is 39.1 Å². The van der Waals surface area contributed by atoms with E-state index in [1.807, 2.05) is 0 Å². The van der Waals surface area contributed by atoms with E-state index in [9.17, 15) is 0 Å². The number of para-hydroxylation sites is 1. The molecule has 0 atom stereocenters. The lowest BCUT2D eigenvalue weighted by molar-refractivity contribution is 0.768. The Morgan fingerprint density at radius 1 is 0.296 bits per heavy atom. The van der Waals surface area contributed by atoms with E-state index in [-0.39, 0.29) is 0 Å². The summed E-state index contributed by atoms with van der Waals surface area (Å²) < 4.78 is 2.43. The van der Waals surface area contributed by atoms with Crippen molar-refractivity contribution < 1.29 is 0 Å². The van der Waals surface area contributed by atoms with Crippen LogP contribution in [0.4, 0.5) is 17.1 Å². The first-order valence-corrected chi connectivity index (χ1v) is 24.6. The van der Waals surface area contributed by atoms with Gasteiger partial charge in [0.1, 0.15) is 0 Å². The Morgan fingerprint density at radius 2 is 0.831 bits per heavy atom. The van der Waals surface area contributed by atoms with Crippen molar-refractivity contribution in [2.24, 2.45) is 0 Å². The Labute approximate surface area is 413 Å². The smallest absolute Gasteiger partial charge is 0.0714 e. The van der Waals surface area contributed by atoms with Crippen LogP contribution in [0.15, 0.2) is 279 Å². The molecule has 332 valence electrons. The van der Waals surface area contributed by atoms with Gasteiger partial charge in [-0.25, -0.2) is 0 Å². The van der Waals surface area contributed by atoms with Crippen molar-refractivity contribution >= 4 is 60.4 Å². The zero-order valence-corrected chi connectivity index (χ0v) is 39.0. The standard InChI is InChI=1S/C69H46N2/c1-3-24-53(25-4-1)69(54-26-5-2-6-27-54)63-32-13-11-30-59(63)60-42-41-56(46-64(60)69)70(65-34-16-20-48-18-7-9-28-57(48)65)55-39-36-47(37-40-55)50-22-15-23-51(44-50)52-38-43-68-62(45-52)61-31-12-14-33-67(61)71(68)66-35-17-21-49-19-8-10-29-58(49)66/h1-46H. The minimum atomic E-state index is -0.512. The molecular weight excluding hydrogens is 857 g/mol. The van der Waals surface area contributed by atoms with E-state index in [0.29, 0.717) is 0 Å². The second-order valence-corrected chi connectivity index (χ2v) is 18.8. The molecule has 0 aliphatic heterocycles. The van der Waals surface area contributed by atoms with Crippen LogP contribution >= 0.6 is 0 Å². The fraction of sp³-hybridized carbons (Fsp3) is 0.0145. The predicted molar refractivity (Wildman–Crippen MR) is 299 cm³/mol. The highest BCUT2D eigenvalue weighted by molar-refractivity contribution is 6.12. The van der Waals surface area contributed by atoms with Crippen molar-refractivity contribution in [3.63, 3.8) is 0 Å². The fourth-order valence-electron chi connectivity index (χ4n) is 11.9. The molecule has 0 fully saturated rings.